The minimum absolute atomic E-state index is 0.240. The van der Waals surface area contributed by atoms with Gasteiger partial charge >= 0.3 is 0 Å². The summed E-state index contributed by atoms with van der Waals surface area (Å²) in [6.07, 6.45) is 5.01. The summed E-state index contributed by atoms with van der Waals surface area (Å²) < 4.78 is 5.21. The van der Waals surface area contributed by atoms with Crippen molar-refractivity contribution in [3.05, 3.63) is 29.8 Å². The standard InChI is InChI=1S/C16H22BrNO2/c1-20-15-7-4-5-13(11-15)12-16(19)18-10-3-2-6-14(18)8-9-17/h4-5,7,11,14H,2-3,6,8-10,12H2,1H3. The topological polar surface area (TPSA) is 29.5 Å². The number of carbonyl (C=O) groups excluding carboxylic acids is 1. The fraction of sp³-hybridized carbons (Fsp3) is 0.562. The molecule has 3 nitrogen and oxygen atoms in total. The fourth-order valence-electron chi connectivity index (χ4n) is 2.81. The average molecular weight is 340 g/mol. The molecule has 1 amide bonds. The molecule has 0 aliphatic carbocycles. The summed E-state index contributed by atoms with van der Waals surface area (Å²) in [5, 5.41) is 0.959. The van der Waals surface area contributed by atoms with E-state index in [1.165, 1.54) is 6.42 Å². The molecule has 1 aromatic rings. The van der Waals surface area contributed by atoms with Crippen LogP contribution in [0.3, 0.4) is 0 Å². The highest BCUT2D eigenvalue weighted by Crippen LogP contribution is 2.22. The number of amides is 1. The van der Waals surface area contributed by atoms with Crippen LogP contribution in [0.1, 0.15) is 31.2 Å². The Balaban J connectivity index is 2.01. The molecule has 2 rings (SSSR count). The van der Waals surface area contributed by atoms with E-state index >= 15 is 0 Å². The number of ether oxygens (including phenoxy) is 1. The van der Waals surface area contributed by atoms with Crippen molar-refractivity contribution in [1.82, 2.24) is 4.90 Å². The van der Waals surface area contributed by atoms with E-state index in [0.717, 1.165) is 42.5 Å². The Bertz CT molecular complexity index is 448. The lowest BCUT2D eigenvalue weighted by Crippen LogP contribution is -2.44. The number of carbonyl (C=O) groups is 1. The van der Waals surface area contributed by atoms with Gasteiger partial charge in [0, 0.05) is 17.9 Å². The summed E-state index contributed by atoms with van der Waals surface area (Å²) in [5.41, 5.74) is 1.03. The minimum atomic E-state index is 0.240. The van der Waals surface area contributed by atoms with Crippen molar-refractivity contribution in [3.8, 4) is 5.75 Å². The first-order valence-electron chi connectivity index (χ1n) is 7.23. The number of hydrogen-bond acceptors (Lipinski definition) is 2. The van der Waals surface area contributed by atoms with Gasteiger partial charge in [-0.05, 0) is 43.4 Å². The van der Waals surface area contributed by atoms with Crippen LogP contribution in [0, 0.1) is 0 Å². The number of rotatable bonds is 5. The molecular formula is C16H22BrNO2. The largest absolute Gasteiger partial charge is 0.497 e. The number of alkyl halides is 1. The minimum Gasteiger partial charge on any atom is -0.497 e. The summed E-state index contributed by atoms with van der Waals surface area (Å²) >= 11 is 3.49. The van der Waals surface area contributed by atoms with Gasteiger partial charge in [0.05, 0.1) is 13.5 Å². The number of piperidine rings is 1. The van der Waals surface area contributed by atoms with Crippen molar-refractivity contribution in [2.45, 2.75) is 38.1 Å². The zero-order valence-corrected chi connectivity index (χ0v) is 13.6. The van der Waals surface area contributed by atoms with Crippen molar-refractivity contribution in [1.29, 1.82) is 0 Å². The number of benzene rings is 1. The molecule has 20 heavy (non-hydrogen) atoms. The van der Waals surface area contributed by atoms with E-state index in [9.17, 15) is 4.79 Å². The molecule has 0 radical (unpaired) electrons. The predicted octanol–water partition coefficient (Wildman–Crippen LogP) is 3.40. The molecule has 1 aromatic carbocycles. The second-order valence-corrected chi connectivity index (χ2v) is 6.04. The van der Waals surface area contributed by atoms with Gasteiger partial charge in [0.25, 0.3) is 0 Å². The molecule has 0 saturated carbocycles. The Labute approximate surface area is 129 Å². The SMILES string of the molecule is COc1cccc(CC(=O)N2CCCCC2CCBr)c1. The molecule has 1 fully saturated rings. The van der Waals surface area contributed by atoms with E-state index in [4.69, 9.17) is 4.74 Å². The summed E-state index contributed by atoms with van der Waals surface area (Å²) in [4.78, 5) is 14.6. The van der Waals surface area contributed by atoms with Crippen LogP contribution in [-0.2, 0) is 11.2 Å². The number of halogens is 1. The van der Waals surface area contributed by atoms with Crippen LogP contribution in [0.15, 0.2) is 24.3 Å². The van der Waals surface area contributed by atoms with Gasteiger partial charge in [0.15, 0.2) is 0 Å². The summed E-state index contributed by atoms with van der Waals surface area (Å²) in [6.45, 7) is 0.903. The monoisotopic (exact) mass is 339 g/mol. The molecule has 4 heteroatoms. The third kappa shape index (κ3) is 3.98. The van der Waals surface area contributed by atoms with Gasteiger partial charge in [-0.2, -0.15) is 0 Å². The smallest absolute Gasteiger partial charge is 0.227 e. The lowest BCUT2D eigenvalue weighted by Gasteiger charge is -2.35. The second-order valence-electron chi connectivity index (χ2n) is 5.24. The van der Waals surface area contributed by atoms with Gasteiger partial charge in [0.1, 0.15) is 5.75 Å². The molecule has 1 aliphatic heterocycles. The van der Waals surface area contributed by atoms with Crippen molar-refractivity contribution >= 4 is 21.8 Å². The first kappa shape index (κ1) is 15.4. The van der Waals surface area contributed by atoms with Crippen LogP contribution in [0.4, 0.5) is 0 Å². The molecule has 1 saturated heterocycles. The molecule has 1 unspecified atom stereocenters. The Morgan fingerprint density at radius 2 is 2.30 bits per heavy atom. The number of hydrogen-bond donors (Lipinski definition) is 0. The normalized spacial score (nSPS) is 18.9. The Morgan fingerprint density at radius 1 is 1.45 bits per heavy atom. The molecule has 110 valence electrons. The predicted molar refractivity (Wildman–Crippen MR) is 84.5 cm³/mol. The number of likely N-dealkylation sites (tertiary alicyclic amines) is 1. The van der Waals surface area contributed by atoms with Gasteiger partial charge in [0.2, 0.25) is 5.91 Å². The lowest BCUT2D eigenvalue weighted by atomic mass is 9.99. The van der Waals surface area contributed by atoms with E-state index in [1.54, 1.807) is 7.11 Å². The molecule has 0 spiro atoms. The van der Waals surface area contributed by atoms with Crippen molar-refractivity contribution in [2.24, 2.45) is 0 Å². The Hall–Kier alpha value is -1.03. The van der Waals surface area contributed by atoms with Gasteiger partial charge in [-0.3, -0.25) is 4.79 Å². The number of nitrogens with zero attached hydrogens (tertiary/aromatic N) is 1. The first-order chi connectivity index (χ1) is 9.74. The van der Waals surface area contributed by atoms with Crippen molar-refractivity contribution < 1.29 is 9.53 Å². The van der Waals surface area contributed by atoms with Crippen molar-refractivity contribution in [2.75, 3.05) is 19.0 Å². The molecule has 0 aromatic heterocycles. The molecular weight excluding hydrogens is 318 g/mol. The van der Waals surface area contributed by atoms with E-state index < -0.39 is 0 Å². The maximum absolute atomic E-state index is 12.5. The van der Waals surface area contributed by atoms with Crippen LogP contribution in [0.25, 0.3) is 0 Å². The van der Waals surface area contributed by atoms with Crippen molar-refractivity contribution in [3.63, 3.8) is 0 Å². The Morgan fingerprint density at radius 3 is 3.05 bits per heavy atom. The fourth-order valence-corrected chi connectivity index (χ4v) is 3.34. The van der Waals surface area contributed by atoms with Gasteiger partial charge in [-0.25, -0.2) is 0 Å². The molecule has 0 N–H and O–H groups in total. The third-order valence-electron chi connectivity index (χ3n) is 3.88. The zero-order valence-electron chi connectivity index (χ0n) is 12.0. The van der Waals surface area contributed by atoms with E-state index in [0.29, 0.717) is 12.5 Å². The molecule has 1 atom stereocenters. The second kappa shape index (κ2) is 7.67. The molecule has 1 aliphatic rings. The quantitative estimate of drug-likeness (QED) is 0.769. The average Bonchev–Trinajstić information content (AvgIpc) is 2.48. The van der Waals surface area contributed by atoms with Gasteiger partial charge < -0.3 is 9.64 Å². The zero-order chi connectivity index (χ0) is 14.4. The third-order valence-corrected chi connectivity index (χ3v) is 4.34. The highest BCUT2D eigenvalue weighted by molar-refractivity contribution is 9.09. The van der Waals surface area contributed by atoms with Crippen LogP contribution >= 0.6 is 15.9 Å². The summed E-state index contributed by atoms with van der Waals surface area (Å²) in [7, 11) is 1.65. The number of methoxy groups -OCH3 is 1. The lowest BCUT2D eigenvalue weighted by molar-refractivity contribution is -0.134. The highest BCUT2D eigenvalue weighted by Gasteiger charge is 2.25. The van der Waals surface area contributed by atoms with E-state index in [-0.39, 0.29) is 5.91 Å². The maximum Gasteiger partial charge on any atom is 0.227 e. The van der Waals surface area contributed by atoms with Crippen LogP contribution in [0.5, 0.6) is 5.75 Å². The summed E-state index contributed by atoms with van der Waals surface area (Å²) in [5.74, 6) is 1.05. The van der Waals surface area contributed by atoms with E-state index in [2.05, 4.69) is 20.8 Å². The maximum atomic E-state index is 12.5. The van der Waals surface area contributed by atoms with Crippen LogP contribution < -0.4 is 4.74 Å². The van der Waals surface area contributed by atoms with Crippen LogP contribution in [-0.4, -0.2) is 35.8 Å². The molecule has 0 bridgehead atoms. The first-order valence-corrected chi connectivity index (χ1v) is 8.35. The van der Waals surface area contributed by atoms with Gasteiger partial charge in [-0.1, -0.05) is 28.1 Å². The van der Waals surface area contributed by atoms with Crippen LogP contribution in [0.2, 0.25) is 0 Å². The summed E-state index contributed by atoms with van der Waals surface area (Å²) in [6, 6.07) is 8.18. The molecule has 1 heterocycles. The highest BCUT2D eigenvalue weighted by atomic mass is 79.9. The van der Waals surface area contributed by atoms with E-state index in [1.807, 2.05) is 24.3 Å². The Kier molecular flexibility index (Phi) is 5.89. The van der Waals surface area contributed by atoms with Gasteiger partial charge in [-0.15, -0.1) is 0 Å².